The molecule has 2 aliphatic rings. The molecule has 8 heteroatoms. The van der Waals surface area contributed by atoms with Crippen LogP contribution in [0, 0.1) is 0 Å². The second-order valence-corrected chi connectivity index (χ2v) is 9.53. The third kappa shape index (κ3) is 3.60. The molecule has 3 atom stereocenters. The van der Waals surface area contributed by atoms with Crippen molar-refractivity contribution in [1.29, 1.82) is 0 Å². The highest BCUT2D eigenvalue weighted by atomic mass is 35.5. The summed E-state index contributed by atoms with van der Waals surface area (Å²) in [5.74, 6) is -0.526. The van der Waals surface area contributed by atoms with E-state index in [9.17, 15) is 9.59 Å². The highest BCUT2D eigenvalue weighted by molar-refractivity contribution is 7.16. The lowest BCUT2D eigenvalue weighted by atomic mass is 9.92. The Kier molecular flexibility index (Phi) is 5.73. The number of hydrogen-bond donors (Lipinski definition) is 1. The van der Waals surface area contributed by atoms with Crippen LogP contribution in [-0.4, -0.2) is 40.5 Å². The Morgan fingerprint density at radius 2 is 2.17 bits per heavy atom. The number of hydrogen-bond acceptors (Lipinski definition) is 4. The summed E-state index contributed by atoms with van der Waals surface area (Å²) in [7, 11) is 0. The minimum Gasteiger partial charge on any atom is -0.369 e. The van der Waals surface area contributed by atoms with E-state index in [1.807, 2.05) is 21.6 Å². The van der Waals surface area contributed by atoms with Crippen molar-refractivity contribution >= 4 is 34.8 Å². The summed E-state index contributed by atoms with van der Waals surface area (Å²) in [6.45, 7) is 5.92. The molecule has 1 fully saturated rings. The number of carbonyl (C=O) groups is 2. The monoisotopic (exact) mass is 435 g/mol. The lowest BCUT2D eigenvalue weighted by Gasteiger charge is -2.33. The summed E-state index contributed by atoms with van der Waals surface area (Å²) >= 11 is 7.68. The van der Waals surface area contributed by atoms with Gasteiger partial charge in [0.15, 0.2) is 0 Å². The van der Waals surface area contributed by atoms with Gasteiger partial charge in [-0.1, -0.05) is 18.5 Å². The summed E-state index contributed by atoms with van der Waals surface area (Å²) in [6.07, 6.45) is 2.48. The van der Waals surface area contributed by atoms with Crippen LogP contribution < -0.4 is 5.73 Å². The van der Waals surface area contributed by atoms with Gasteiger partial charge in [0.25, 0.3) is 11.8 Å². The molecule has 2 aromatic heterocycles. The number of likely N-dealkylation sites (tertiary alicyclic amines) is 1. The van der Waals surface area contributed by atoms with Gasteiger partial charge in [-0.05, 0) is 44.4 Å². The molecule has 2 N–H and O–H groups in total. The number of fused-ring (bicyclic) bond motifs is 1. The van der Waals surface area contributed by atoms with E-state index in [1.54, 1.807) is 6.07 Å². The van der Waals surface area contributed by atoms with Crippen LogP contribution in [0.1, 0.15) is 76.5 Å². The van der Waals surface area contributed by atoms with Gasteiger partial charge in [-0.15, -0.1) is 11.3 Å². The van der Waals surface area contributed by atoms with Gasteiger partial charge < -0.3 is 19.9 Å². The lowest BCUT2D eigenvalue weighted by Crippen LogP contribution is -2.36. The first-order chi connectivity index (χ1) is 13.9. The van der Waals surface area contributed by atoms with Gasteiger partial charge in [0.05, 0.1) is 22.2 Å². The number of halogens is 1. The van der Waals surface area contributed by atoms with E-state index < -0.39 is 5.91 Å². The summed E-state index contributed by atoms with van der Waals surface area (Å²) < 4.78 is 8.84. The maximum absolute atomic E-state index is 13.3. The van der Waals surface area contributed by atoms with E-state index >= 15 is 0 Å². The molecule has 4 heterocycles. The number of carbonyl (C=O) groups excluding carboxylic acids is 2. The SMILES string of the molecule is CC[C@@H](c1ccc(Cl)s1)C1OCCn2c(C(=O)N3CCC[C@@H]3C)cc(C(N)=O)c21. The first-order valence-corrected chi connectivity index (χ1v) is 11.3. The summed E-state index contributed by atoms with van der Waals surface area (Å²) in [5, 5.41) is 0. The van der Waals surface area contributed by atoms with Gasteiger partial charge >= 0.3 is 0 Å². The smallest absolute Gasteiger partial charge is 0.270 e. The van der Waals surface area contributed by atoms with E-state index in [0.29, 0.717) is 24.4 Å². The molecule has 2 aromatic rings. The molecular formula is C21H26ClN3O3S. The normalized spacial score (nSPS) is 22.5. The Bertz CT molecular complexity index is 938. The van der Waals surface area contributed by atoms with Gasteiger partial charge in [0.2, 0.25) is 0 Å². The van der Waals surface area contributed by atoms with Gasteiger partial charge in [-0.3, -0.25) is 9.59 Å². The number of nitrogens with zero attached hydrogens (tertiary/aromatic N) is 2. The zero-order valence-corrected chi connectivity index (χ0v) is 18.3. The Hall–Kier alpha value is -1.83. The number of thiophene rings is 1. The molecule has 2 amide bonds. The van der Waals surface area contributed by atoms with Gasteiger partial charge in [0.1, 0.15) is 11.8 Å². The van der Waals surface area contributed by atoms with Crippen molar-refractivity contribution in [1.82, 2.24) is 9.47 Å². The van der Waals surface area contributed by atoms with Crippen molar-refractivity contribution in [2.45, 2.75) is 57.7 Å². The van der Waals surface area contributed by atoms with Crippen LogP contribution in [0.2, 0.25) is 4.34 Å². The maximum atomic E-state index is 13.3. The predicted octanol–water partition coefficient (Wildman–Crippen LogP) is 4.19. The highest BCUT2D eigenvalue weighted by Crippen LogP contribution is 2.44. The number of ether oxygens (including phenoxy) is 1. The van der Waals surface area contributed by atoms with Crippen molar-refractivity contribution in [2.24, 2.45) is 5.73 Å². The van der Waals surface area contributed by atoms with Crippen molar-refractivity contribution in [2.75, 3.05) is 13.2 Å². The Morgan fingerprint density at radius 3 is 2.76 bits per heavy atom. The third-order valence-electron chi connectivity index (χ3n) is 6.08. The van der Waals surface area contributed by atoms with Crippen molar-refractivity contribution in [3.05, 3.63) is 44.4 Å². The summed E-state index contributed by atoms with van der Waals surface area (Å²) in [6, 6.07) is 5.76. The van der Waals surface area contributed by atoms with E-state index in [2.05, 4.69) is 13.8 Å². The summed E-state index contributed by atoms with van der Waals surface area (Å²) in [4.78, 5) is 28.6. The van der Waals surface area contributed by atoms with Crippen molar-refractivity contribution in [3.8, 4) is 0 Å². The molecular weight excluding hydrogens is 410 g/mol. The van der Waals surface area contributed by atoms with Crippen LogP contribution in [0.15, 0.2) is 18.2 Å². The molecule has 0 bridgehead atoms. The topological polar surface area (TPSA) is 77.6 Å². The lowest BCUT2D eigenvalue weighted by molar-refractivity contribution is 0.000967. The highest BCUT2D eigenvalue weighted by Gasteiger charge is 2.38. The quantitative estimate of drug-likeness (QED) is 0.764. The number of primary amides is 1. The zero-order valence-electron chi connectivity index (χ0n) is 16.7. The molecule has 29 heavy (non-hydrogen) atoms. The molecule has 6 nitrogen and oxygen atoms in total. The first-order valence-electron chi connectivity index (χ1n) is 10.1. The van der Waals surface area contributed by atoms with E-state index in [0.717, 1.165) is 40.7 Å². The summed E-state index contributed by atoms with van der Waals surface area (Å²) in [5.41, 5.74) is 7.36. The molecule has 0 saturated carbocycles. The number of amides is 2. The Labute approximate surface area is 179 Å². The zero-order chi connectivity index (χ0) is 20.7. The van der Waals surface area contributed by atoms with Crippen LogP contribution in [0.25, 0.3) is 0 Å². The maximum Gasteiger partial charge on any atom is 0.270 e. The molecule has 1 unspecified atom stereocenters. The second kappa shape index (κ2) is 8.13. The number of nitrogens with two attached hydrogens (primary N) is 1. The number of rotatable bonds is 5. The Balaban J connectivity index is 1.79. The fourth-order valence-electron chi connectivity index (χ4n) is 4.62. The molecule has 156 valence electrons. The predicted molar refractivity (Wildman–Crippen MR) is 114 cm³/mol. The molecule has 2 aliphatic heterocycles. The van der Waals surface area contributed by atoms with Gasteiger partial charge in [-0.2, -0.15) is 0 Å². The molecule has 0 radical (unpaired) electrons. The van der Waals surface area contributed by atoms with Crippen molar-refractivity contribution < 1.29 is 14.3 Å². The first kappa shape index (κ1) is 20.4. The van der Waals surface area contributed by atoms with Crippen LogP contribution >= 0.6 is 22.9 Å². The van der Waals surface area contributed by atoms with Crippen LogP contribution in [0.5, 0.6) is 0 Å². The largest absolute Gasteiger partial charge is 0.369 e. The minimum atomic E-state index is -0.531. The standard InChI is InChI=1S/C21H26ClN3O3S/c1-3-13(16-6-7-17(22)29-16)19-18-14(20(23)26)11-15(25(18)9-10-28-19)21(27)24-8-4-5-12(24)2/h6-7,11-13,19H,3-5,8-10H2,1-2H3,(H2,23,26)/t12-,13-,19?/m0/s1. The molecule has 4 rings (SSSR count). The van der Waals surface area contributed by atoms with Crippen LogP contribution in [-0.2, 0) is 11.3 Å². The van der Waals surface area contributed by atoms with Crippen molar-refractivity contribution in [3.63, 3.8) is 0 Å². The van der Waals surface area contributed by atoms with E-state index in [1.165, 1.54) is 11.3 Å². The average molecular weight is 436 g/mol. The molecule has 0 spiro atoms. The van der Waals surface area contributed by atoms with Crippen LogP contribution in [0.3, 0.4) is 0 Å². The van der Waals surface area contributed by atoms with Gasteiger partial charge in [-0.25, -0.2) is 0 Å². The van der Waals surface area contributed by atoms with E-state index in [-0.39, 0.29) is 24.0 Å². The Morgan fingerprint density at radius 1 is 1.38 bits per heavy atom. The third-order valence-corrected chi connectivity index (χ3v) is 7.45. The van der Waals surface area contributed by atoms with E-state index in [4.69, 9.17) is 22.1 Å². The fourth-order valence-corrected chi connectivity index (χ4v) is 5.89. The molecule has 1 saturated heterocycles. The second-order valence-electron chi connectivity index (χ2n) is 7.78. The number of aromatic nitrogens is 1. The fraction of sp³-hybridized carbons (Fsp3) is 0.524. The average Bonchev–Trinajstić information content (AvgIpc) is 3.40. The molecule has 0 aromatic carbocycles. The molecule has 0 aliphatic carbocycles. The van der Waals surface area contributed by atoms with Gasteiger partial charge in [0, 0.05) is 29.9 Å². The van der Waals surface area contributed by atoms with Crippen LogP contribution in [0.4, 0.5) is 0 Å². The minimum absolute atomic E-state index is 0.0309.